The summed E-state index contributed by atoms with van der Waals surface area (Å²) in [6.07, 6.45) is 4.91. The highest BCUT2D eigenvalue weighted by Gasteiger charge is 2.03. The first kappa shape index (κ1) is 15.5. The Morgan fingerprint density at radius 1 is 1.14 bits per heavy atom. The predicted octanol–water partition coefficient (Wildman–Crippen LogP) is 4.07. The second kappa shape index (κ2) is 7.78. The van der Waals surface area contributed by atoms with E-state index in [2.05, 4.69) is 46.5 Å². The van der Waals surface area contributed by atoms with E-state index in [-0.39, 0.29) is 0 Å². The predicted molar refractivity (Wildman–Crippen MR) is 89.4 cm³/mol. The summed E-state index contributed by atoms with van der Waals surface area (Å²) in [6.45, 7) is 6.13. The molecule has 1 aromatic heterocycles. The highest BCUT2D eigenvalue weighted by molar-refractivity contribution is 7.99. The molecule has 4 nitrogen and oxygen atoms in total. The highest BCUT2D eigenvalue weighted by Crippen LogP contribution is 2.15. The summed E-state index contributed by atoms with van der Waals surface area (Å²) in [6, 6.07) is 8.25. The van der Waals surface area contributed by atoms with Crippen molar-refractivity contribution in [3.8, 4) is 0 Å². The van der Waals surface area contributed by atoms with Crippen LogP contribution in [-0.2, 0) is 0 Å². The fraction of sp³-hybridized carbons (Fsp3) is 0.312. The molecule has 110 valence electrons. The normalized spacial score (nSPS) is 11.0. The van der Waals surface area contributed by atoms with Gasteiger partial charge in [0.25, 0.3) is 0 Å². The number of thioether (sulfide) groups is 1. The van der Waals surface area contributed by atoms with Gasteiger partial charge in [-0.25, -0.2) is 4.98 Å². The maximum atomic E-state index is 4.52. The molecule has 0 aliphatic rings. The van der Waals surface area contributed by atoms with Gasteiger partial charge in [0.15, 0.2) is 0 Å². The zero-order chi connectivity index (χ0) is 15.1. The van der Waals surface area contributed by atoms with Crippen molar-refractivity contribution >= 4 is 23.5 Å². The Bertz CT molecular complexity index is 608. The molecule has 2 rings (SSSR count). The topological polar surface area (TPSA) is 50.7 Å². The summed E-state index contributed by atoms with van der Waals surface area (Å²) >= 11 is 1.64. The average molecular weight is 300 g/mol. The Morgan fingerprint density at radius 2 is 1.90 bits per heavy atom. The quantitative estimate of drug-likeness (QED) is 0.815. The van der Waals surface area contributed by atoms with Gasteiger partial charge in [-0.1, -0.05) is 36.4 Å². The SMILES string of the molecule is CCCSc1nnc(C)c(C=CNc2ccc(C)cc2)n1. The molecule has 0 unspecified atom stereocenters. The number of aromatic nitrogens is 3. The van der Waals surface area contributed by atoms with Crippen molar-refractivity contribution in [2.45, 2.75) is 32.3 Å². The van der Waals surface area contributed by atoms with Gasteiger partial charge in [0.2, 0.25) is 5.16 Å². The minimum atomic E-state index is 0.734. The van der Waals surface area contributed by atoms with Crippen LogP contribution in [0, 0.1) is 13.8 Å². The maximum absolute atomic E-state index is 4.52. The first-order chi connectivity index (χ1) is 10.2. The van der Waals surface area contributed by atoms with Gasteiger partial charge in [-0.2, -0.15) is 5.10 Å². The first-order valence-corrected chi connectivity index (χ1v) is 8.01. The molecule has 0 spiro atoms. The third-order valence-electron chi connectivity index (χ3n) is 2.85. The molecule has 0 saturated carbocycles. The Kier molecular flexibility index (Phi) is 5.75. The van der Waals surface area contributed by atoms with Gasteiger partial charge in [0.1, 0.15) is 0 Å². The first-order valence-electron chi connectivity index (χ1n) is 7.03. The van der Waals surface area contributed by atoms with Crippen molar-refractivity contribution in [1.29, 1.82) is 0 Å². The Balaban J connectivity index is 2.03. The Morgan fingerprint density at radius 3 is 2.62 bits per heavy atom. The monoisotopic (exact) mass is 300 g/mol. The molecular weight excluding hydrogens is 280 g/mol. The minimum Gasteiger partial charge on any atom is -0.362 e. The fourth-order valence-corrected chi connectivity index (χ4v) is 2.30. The summed E-state index contributed by atoms with van der Waals surface area (Å²) in [5.41, 5.74) is 3.98. The highest BCUT2D eigenvalue weighted by atomic mass is 32.2. The third kappa shape index (κ3) is 4.86. The number of aryl methyl sites for hydroxylation is 2. The molecule has 1 heterocycles. The number of nitrogens with one attached hydrogen (secondary N) is 1. The number of anilines is 1. The summed E-state index contributed by atoms with van der Waals surface area (Å²) in [5.74, 6) is 1.01. The van der Waals surface area contributed by atoms with Gasteiger partial charge in [0, 0.05) is 17.6 Å². The summed E-state index contributed by atoms with van der Waals surface area (Å²) < 4.78 is 0. The van der Waals surface area contributed by atoms with Crippen molar-refractivity contribution in [1.82, 2.24) is 15.2 Å². The van der Waals surface area contributed by atoms with E-state index in [9.17, 15) is 0 Å². The van der Waals surface area contributed by atoms with Crippen LogP contribution in [0.4, 0.5) is 5.69 Å². The Hall–Kier alpha value is -1.88. The molecule has 1 aromatic carbocycles. The molecule has 1 N–H and O–H groups in total. The van der Waals surface area contributed by atoms with Gasteiger partial charge < -0.3 is 5.32 Å². The largest absolute Gasteiger partial charge is 0.362 e. The van der Waals surface area contributed by atoms with E-state index in [1.807, 2.05) is 31.3 Å². The zero-order valence-corrected chi connectivity index (χ0v) is 13.4. The van der Waals surface area contributed by atoms with Crippen LogP contribution >= 0.6 is 11.8 Å². The van der Waals surface area contributed by atoms with Crippen LogP contribution in [0.25, 0.3) is 6.08 Å². The molecule has 0 fully saturated rings. The number of hydrogen-bond donors (Lipinski definition) is 1. The molecule has 0 saturated heterocycles. The fourth-order valence-electron chi connectivity index (χ4n) is 1.65. The zero-order valence-electron chi connectivity index (χ0n) is 12.6. The molecular formula is C16H20N4S. The van der Waals surface area contributed by atoms with Crippen molar-refractivity contribution in [2.75, 3.05) is 11.1 Å². The molecule has 0 radical (unpaired) electrons. The summed E-state index contributed by atoms with van der Waals surface area (Å²) in [5, 5.41) is 12.2. The number of nitrogens with zero attached hydrogens (tertiary/aromatic N) is 3. The van der Waals surface area contributed by atoms with E-state index in [0.717, 1.165) is 34.4 Å². The van der Waals surface area contributed by atoms with Crippen molar-refractivity contribution in [2.24, 2.45) is 0 Å². The third-order valence-corrected chi connectivity index (χ3v) is 3.89. The lowest BCUT2D eigenvalue weighted by atomic mass is 10.2. The second-order valence-electron chi connectivity index (χ2n) is 4.76. The molecule has 0 atom stereocenters. The summed E-state index contributed by atoms with van der Waals surface area (Å²) in [4.78, 5) is 4.52. The van der Waals surface area contributed by atoms with Crippen LogP contribution in [-0.4, -0.2) is 20.9 Å². The molecule has 0 amide bonds. The number of rotatable bonds is 6. The smallest absolute Gasteiger partial charge is 0.209 e. The van der Waals surface area contributed by atoms with Gasteiger partial charge in [-0.05, 0) is 38.5 Å². The van der Waals surface area contributed by atoms with Gasteiger partial charge >= 0.3 is 0 Å². The van der Waals surface area contributed by atoms with E-state index in [1.54, 1.807) is 11.8 Å². The minimum absolute atomic E-state index is 0.734. The lowest BCUT2D eigenvalue weighted by Crippen LogP contribution is -1.99. The standard InChI is InChI=1S/C16H20N4S/c1-4-11-21-16-18-15(13(3)19-20-16)9-10-17-14-7-5-12(2)6-8-14/h5-10,17H,4,11H2,1-3H3. The van der Waals surface area contributed by atoms with Crippen LogP contribution in [0.2, 0.25) is 0 Å². The van der Waals surface area contributed by atoms with Gasteiger partial charge in [0.05, 0.1) is 11.4 Å². The summed E-state index contributed by atoms with van der Waals surface area (Å²) in [7, 11) is 0. The van der Waals surface area contributed by atoms with E-state index < -0.39 is 0 Å². The molecule has 21 heavy (non-hydrogen) atoms. The van der Waals surface area contributed by atoms with Crippen LogP contribution in [0.15, 0.2) is 35.6 Å². The molecule has 0 aliphatic heterocycles. The average Bonchev–Trinajstić information content (AvgIpc) is 2.50. The van der Waals surface area contributed by atoms with E-state index in [0.29, 0.717) is 0 Å². The molecule has 5 heteroatoms. The van der Waals surface area contributed by atoms with E-state index in [4.69, 9.17) is 0 Å². The van der Waals surface area contributed by atoms with Crippen molar-refractivity contribution in [3.05, 3.63) is 47.4 Å². The van der Waals surface area contributed by atoms with Crippen LogP contribution in [0.3, 0.4) is 0 Å². The molecule has 2 aromatic rings. The van der Waals surface area contributed by atoms with Crippen LogP contribution in [0.5, 0.6) is 0 Å². The van der Waals surface area contributed by atoms with Gasteiger partial charge in [-0.3, -0.25) is 0 Å². The van der Waals surface area contributed by atoms with Crippen molar-refractivity contribution in [3.63, 3.8) is 0 Å². The number of hydrogen-bond acceptors (Lipinski definition) is 5. The maximum Gasteiger partial charge on any atom is 0.209 e. The number of benzene rings is 1. The van der Waals surface area contributed by atoms with Crippen LogP contribution < -0.4 is 5.32 Å². The molecule has 0 bridgehead atoms. The Labute approximate surface area is 130 Å². The van der Waals surface area contributed by atoms with E-state index in [1.165, 1.54) is 5.56 Å². The van der Waals surface area contributed by atoms with Crippen molar-refractivity contribution < 1.29 is 0 Å². The molecule has 0 aliphatic carbocycles. The van der Waals surface area contributed by atoms with Crippen LogP contribution in [0.1, 0.15) is 30.3 Å². The van der Waals surface area contributed by atoms with Gasteiger partial charge in [-0.15, -0.1) is 5.10 Å². The van der Waals surface area contributed by atoms with E-state index >= 15 is 0 Å². The lowest BCUT2D eigenvalue weighted by molar-refractivity contribution is 0.805. The second-order valence-corrected chi connectivity index (χ2v) is 5.82. The lowest BCUT2D eigenvalue weighted by Gasteiger charge is -2.03.